The van der Waals surface area contributed by atoms with Crippen molar-refractivity contribution < 1.29 is 0 Å². The van der Waals surface area contributed by atoms with E-state index in [1.807, 2.05) is 42.7 Å². The van der Waals surface area contributed by atoms with Crippen molar-refractivity contribution in [2.24, 2.45) is 0 Å². The summed E-state index contributed by atoms with van der Waals surface area (Å²) in [5.41, 5.74) is 1.84. The van der Waals surface area contributed by atoms with Crippen LogP contribution in [0.4, 0.5) is 11.6 Å². The number of H-pyrrole nitrogens is 1. The molecule has 0 bridgehead atoms. The van der Waals surface area contributed by atoms with Gasteiger partial charge in [0.1, 0.15) is 0 Å². The Balaban J connectivity index is 1.56. The number of piperazine rings is 1. The number of para-hydroxylation sites is 1. The zero-order valence-corrected chi connectivity index (χ0v) is 12.6. The van der Waals surface area contributed by atoms with E-state index in [1.165, 1.54) is 5.69 Å². The maximum atomic E-state index is 12.2. The molecule has 2 aromatic heterocycles. The van der Waals surface area contributed by atoms with Crippen molar-refractivity contribution in [1.29, 1.82) is 0 Å². The van der Waals surface area contributed by atoms with Crippen molar-refractivity contribution in [2.75, 3.05) is 36.0 Å². The van der Waals surface area contributed by atoms with Crippen molar-refractivity contribution in [3.63, 3.8) is 0 Å². The highest BCUT2D eigenvalue weighted by molar-refractivity contribution is 5.78. The summed E-state index contributed by atoms with van der Waals surface area (Å²) in [4.78, 5) is 28.2. The van der Waals surface area contributed by atoms with Crippen molar-refractivity contribution in [3.8, 4) is 0 Å². The SMILES string of the molecule is O=c1[nH]c(N2CCN(c3ccncc3)CC2)nc2ccccc12. The molecule has 4 rings (SSSR count). The minimum Gasteiger partial charge on any atom is -0.368 e. The van der Waals surface area contributed by atoms with E-state index in [9.17, 15) is 4.79 Å². The van der Waals surface area contributed by atoms with Gasteiger partial charge in [0.05, 0.1) is 10.9 Å². The molecular weight excluding hydrogens is 290 g/mol. The monoisotopic (exact) mass is 307 g/mol. The van der Waals surface area contributed by atoms with Crippen LogP contribution < -0.4 is 15.4 Å². The lowest BCUT2D eigenvalue weighted by atomic mass is 10.2. The summed E-state index contributed by atoms with van der Waals surface area (Å²) in [6, 6.07) is 11.5. The number of pyridine rings is 1. The predicted molar refractivity (Wildman–Crippen MR) is 91.0 cm³/mol. The van der Waals surface area contributed by atoms with E-state index in [4.69, 9.17) is 0 Å². The Morgan fingerprint density at radius 2 is 1.61 bits per heavy atom. The molecule has 1 saturated heterocycles. The number of benzene rings is 1. The number of hydrogen-bond donors (Lipinski definition) is 1. The number of aromatic nitrogens is 3. The third kappa shape index (κ3) is 2.63. The second-order valence-electron chi connectivity index (χ2n) is 5.59. The number of nitrogens with one attached hydrogen (secondary N) is 1. The second-order valence-corrected chi connectivity index (χ2v) is 5.59. The van der Waals surface area contributed by atoms with Crippen LogP contribution in [-0.2, 0) is 0 Å². The van der Waals surface area contributed by atoms with Gasteiger partial charge in [0.2, 0.25) is 5.95 Å². The molecule has 116 valence electrons. The highest BCUT2D eigenvalue weighted by atomic mass is 16.1. The molecule has 0 radical (unpaired) electrons. The third-order valence-electron chi connectivity index (χ3n) is 4.21. The van der Waals surface area contributed by atoms with Crippen LogP contribution in [0, 0.1) is 0 Å². The summed E-state index contributed by atoms with van der Waals surface area (Å²) < 4.78 is 0. The molecule has 6 nitrogen and oxygen atoms in total. The van der Waals surface area contributed by atoms with Crippen molar-refractivity contribution in [1.82, 2.24) is 15.0 Å². The van der Waals surface area contributed by atoms with E-state index < -0.39 is 0 Å². The molecular formula is C17H17N5O. The molecule has 1 aliphatic rings. The standard InChI is InChI=1S/C17H17N5O/c23-16-14-3-1-2-4-15(14)19-17(20-16)22-11-9-21(10-12-22)13-5-7-18-8-6-13/h1-8H,9-12H2,(H,19,20,23). The van der Waals surface area contributed by atoms with Crippen LogP contribution in [0.15, 0.2) is 53.6 Å². The number of anilines is 2. The van der Waals surface area contributed by atoms with Gasteiger partial charge in [0, 0.05) is 44.3 Å². The molecule has 0 amide bonds. The van der Waals surface area contributed by atoms with Gasteiger partial charge in [-0.2, -0.15) is 0 Å². The molecule has 1 N–H and O–H groups in total. The van der Waals surface area contributed by atoms with E-state index in [2.05, 4.69) is 24.8 Å². The third-order valence-corrected chi connectivity index (χ3v) is 4.21. The average Bonchev–Trinajstić information content (AvgIpc) is 2.63. The molecule has 6 heteroatoms. The van der Waals surface area contributed by atoms with Crippen molar-refractivity contribution >= 4 is 22.5 Å². The van der Waals surface area contributed by atoms with Gasteiger partial charge in [0.15, 0.2) is 0 Å². The molecule has 0 saturated carbocycles. The molecule has 1 fully saturated rings. The Hall–Kier alpha value is -2.89. The minimum atomic E-state index is -0.0813. The Kier molecular flexibility index (Phi) is 3.42. The van der Waals surface area contributed by atoms with Crippen molar-refractivity contribution in [2.45, 2.75) is 0 Å². The van der Waals surface area contributed by atoms with Gasteiger partial charge in [0.25, 0.3) is 5.56 Å². The minimum absolute atomic E-state index is 0.0813. The molecule has 1 aromatic carbocycles. The lowest BCUT2D eigenvalue weighted by Crippen LogP contribution is -2.47. The first-order chi connectivity index (χ1) is 11.3. The fourth-order valence-electron chi connectivity index (χ4n) is 2.96. The lowest BCUT2D eigenvalue weighted by Gasteiger charge is -2.36. The fourth-order valence-corrected chi connectivity index (χ4v) is 2.96. The normalized spacial score (nSPS) is 15.1. The summed E-state index contributed by atoms with van der Waals surface area (Å²) in [5, 5.41) is 0.631. The van der Waals surface area contributed by atoms with Gasteiger partial charge in [-0.15, -0.1) is 0 Å². The summed E-state index contributed by atoms with van der Waals surface area (Å²) in [6.45, 7) is 3.42. The van der Waals surface area contributed by atoms with Gasteiger partial charge in [-0.05, 0) is 24.3 Å². The Labute approximate surface area is 133 Å². The Morgan fingerprint density at radius 1 is 0.913 bits per heavy atom. The highest BCUT2D eigenvalue weighted by Crippen LogP contribution is 2.18. The van der Waals surface area contributed by atoms with Crippen LogP contribution in [0.1, 0.15) is 0 Å². The van der Waals surface area contributed by atoms with Gasteiger partial charge >= 0.3 is 0 Å². The molecule has 1 aliphatic heterocycles. The molecule has 3 heterocycles. The van der Waals surface area contributed by atoms with E-state index in [-0.39, 0.29) is 5.56 Å². The van der Waals surface area contributed by atoms with Crippen LogP contribution >= 0.6 is 0 Å². The Bertz CT molecular complexity index is 869. The topological polar surface area (TPSA) is 65.1 Å². The largest absolute Gasteiger partial charge is 0.368 e. The zero-order valence-electron chi connectivity index (χ0n) is 12.6. The number of fused-ring (bicyclic) bond motifs is 1. The summed E-state index contributed by atoms with van der Waals surface area (Å²) in [7, 11) is 0. The average molecular weight is 307 g/mol. The lowest BCUT2D eigenvalue weighted by molar-refractivity contribution is 0.640. The second kappa shape index (κ2) is 5.72. The number of nitrogens with zero attached hydrogens (tertiary/aromatic N) is 4. The number of aromatic amines is 1. The fraction of sp³-hybridized carbons (Fsp3) is 0.235. The summed E-state index contributed by atoms with van der Waals surface area (Å²) >= 11 is 0. The van der Waals surface area contributed by atoms with Crippen LogP contribution in [0.2, 0.25) is 0 Å². The highest BCUT2D eigenvalue weighted by Gasteiger charge is 2.19. The molecule has 23 heavy (non-hydrogen) atoms. The zero-order chi connectivity index (χ0) is 15.6. The smallest absolute Gasteiger partial charge is 0.260 e. The quantitative estimate of drug-likeness (QED) is 0.780. The first kappa shape index (κ1) is 13.8. The molecule has 3 aromatic rings. The van der Waals surface area contributed by atoms with Crippen LogP contribution in [0.25, 0.3) is 10.9 Å². The van der Waals surface area contributed by atoms with E-state index in [0.29, 0.717) is 11.3 Å². The van der Waals surface area contributed by atoms with E-state index in [1.54, 1.807) is 6.07 Å². The van der Waals surface area contributed by atoms with E-state index in [0.717, 1.165) is 31.7 Å². The maximum Gasteiger partial charge on any atom is 0.260 e. The van der Waals surface area contributed by atoms with E-state index >= 15 is 0 Å². The first-order valence-electron chi connectivity index (χ1n) is 7.70. The molecule has 0 spiro atoms. The van der Waals surface area contributed by atoms with Gasteiger partial charge in [-0.3, -0.25) is 14.8 Å². The summed E-state index contributed by atoms with van der Waals surface area (Å²) in [6.07, 6.45) is 3.62. The molecule has 0 aliphatic carbocycles. The number of rotatable bonds is 2. The van der Waals surface area contributed by atoms with Crippen molar-refractivity contribution in [3.05, 3.63) is 59.1 Å². The van der Waals surface area contributed by atoms with Gasteiger partial charge in [-0.1, -0.05) is 12.1 Å². The van der Waals surface area contributed by atoms with Gasteiger partial charge in [-0.25, -0.2) is 4.98 Å². The summed E-state index contributed by atoms with van der Waals surface area (Å²) in [5.74, 6) is 0.656. The maximum absolute atomic E-state index is 12.2. The van der Waals surface area contributed by atoms with Crippen LogP contribution in [0.5, 0.6) is 0 Å². The first-order valence-corrected chi connectivity index (χ1v) is 7.70. The molecule has 0 atom stereocenters. The van der Waals surface area contributed by atoms with Crippen LogP contribution in [-0.4, -0.2) is 41.1 Å². The van der Waals surface area contributed by atoms with Crippen LogP contribution in [0.3, 0.4) is 0 Å². The van der Waals surface area contributed by atoms with Gasteiger partial charge < -0.3 is 9.80 Å². The predicted octanol–water partition coefficient (Wildman–Crippen LogP) is 1.64. The molecule has 0 unspecified atom stereocenters. The Morgan fingerprint density at radius 3 is 2.39 bits per heavy atom. The number of hydrogen-bond acceptors (Lipinski definition) is 5.